The van der Waals surface area contributed by atoms with Crippen LogP contribution in [0.1, 0.15) is 55.5 Å². The minimum Gasteiger partial charge on any atom is -0.198 e. The Morgan fingerprint density at radius 3 is 2.19 bits per heavy atom. The Bertz CT molecular complexity index is 954. The minimum atomic E-state index is -3.68. The first-order valence-corrected chi connectivity index (χ1v) is 12.0. The number of aromatic nitrogens is 2. The second kappa shape index (κ2) is 5.58. The molecule has 4 aliphatic carbocycles. The quantitative estimate of drug-likeness (QED) is 0.721. The van der Waals surface area contributed by atoms with Gasteiger partial charge < -0.3 is 0 Å². The summed E-state index contributed by atoms with van der Waals surface area (Å²) in [6.07, 6.45) is 7.73. The number of hydrogen-bond acceptors (Lipinski definition) is 4. The molecule has 6 rings (SSSR count). The molecule has 4 saturated carbocycles. The average molecular weight is 411 g/mol. The van der Waals surface area contributed by atoms with Crippen LogP contribution in [0, 0.1) is 31.6 Å². The first kappa shape index (κ1) is 17.3. The van der Waals surface area contributed by atoms with Gasteiger partial charge in [-0.05, 0) is 87.7 Å². The SMILES string of the molecule is Cc1nn(S(=O)(=O)c2ccc(Cl)s2)c(C)c1C12CC3CC(CC(C3)C1)C2. The van der Waals surface area contributed by atoms with E-state index in [9.17, 15) is 8.42 Å². The van der Waals surface area contributed by atoms with Crippen molar-refractivity contribution in [1.29, 1.82) is 0 Å². The summed E-state index contributed by atoms with van der Waals surface area (Å²) in [6.45, 7) is 3.91. The van der Waals surface area contributed by atoms with Gasteiger partial charge in [0.25, 0.3) is 10.0 Å². The van der Waals surface area contributed by atoms with Crippen LogP contribution in [0.2, 0.25) is 4.34 Å². The molecule has 0 atom stereocenters. The van der Waals surface area contributed by atoms with Crippen molar-refractivity contribution in [3.05, 3.63) is 33.4 Å². The lowest BCUT2D eigenvalue weighted by atomic mass is 9.48. The van der Waals surface area contributed by atoms with Crippen LogP contribution in [0.15, 0.2) is 16.3 Å². The van der Waals surface area contributed by atoms with Crippen LogP contribution in [0.4, 0.5) is 0 Å². The number of rotatable bonds is 3. The molecule has 4 fully saturated rings. The normalized spacial score (nSPS) is 33.1. The molecular formula is C19H23ClN2O2S2. The van der Waals surface area contributed by atoms with Crippen LogP contribution < -0.4 is 0 Å². The number of halogens is 1. The van der Waals surface area contributed by atoms with E-state index in [2.05, 4.69) is 5.10 Å². The fourth-order valence-corrected chi connectivity index (χ4v) is 9.47. The largest absolute Gasteiger partial charge is 0.292 e. The second-order valence-corrected chi connectivity index (χ2v) is 12.4. The van der Waals surface area contributed by atoms with E-state index >= 15 is 0 Å². The van der Waals surface area contributed by atoms with Crippen molar-refractivity contribution in [2.75, 3.05) is 0 Å². The summed E-state index contributed by atoms with van der Waals surface area (Å²) in [5.41, 5.74) is 3.04. The van der Waals surface area contributed by atoms with Gasteiger partial charge in [0.15, 0.2) is 0 Å². The Morgan fingerprint density at radius 2 is 1.69 bits per heavy atom. The molecule has 0 unspecified atom stereocenters. The molecule has 26 heavy (non-hydrogen) atoms. The van der Waals surface area contributed by atoms with E-state index < -0.39 is 10.0 Å². The standard InChI is InChI=1S/C19H23ClN2O2S2/c1-11-18(19-8-13-5-14(9-19)7-15(6-13)10-19)12(2)22(21-11)26(23,24)17-4-3-16(20)25-17/h3-4,13-15H,5-10H2,1-2H3. The van der Waals surface area contributed by atoms with Crippen LogP contribution in [0.3, 0.4) is 0 Å². The number of hydrogen-bond donors (Lipinski definition) is 0. The topological polar surface area (TPSA) is 52.0 Å². The lowest BCUT2D eigenvalue weighted by molar-refractivity contribution is -0.00574. The van der Waals surface area contributed by atoms with E-state index in [4.69, 9.17) is 11.6 Å². The summed E-state index contributed by atoms with van der Waals surface area (Å²) in [7, 11) is -3.68. The molecule has 4 aliphatic rings. The third-order valence-electron chi connectivity index (χ3n) is 6.85. The Kier molecular flexibility index (Phi) is 3.71. The third kappa shape index (κ3) is 2.38. The smallest absolute Gasteiger partial charge is 0.198 e. The summed E-state index contributed by atoms with van der Waals surface area (Å²) in [4.78, 5) is 0. The van der Waals surface area contributed by atoms with Crippen molar-refractivity contribution >= 4 is 33.0 Å². The van der Waals surface area contributed by atoms with Crippen molar-refractivity contribution in [2.45, 2.75) is 62.0 Å². The monoisotopic (exact) mass is 410 g/mol. The van der Waals surface area contributed by atoms with Crippen molar-refractivity contribution in [1.82, 2.24) is 9.19 Å². The fraction of sp³-hybridized carbons (Fsp3) is 0.632. The molecule has 4 nitrogen and oxygen atoms in total. The highest BCUT2D eigenvalue weighted by atomic mass is 35.5. The van der Waals surface area contributed by atoms with Gasteiger partial charge >= 0.3 is 0 Å². The van der Waals surface area contributed by atoms with Crippen molar-refractivity contribution in [2.24, 2.45) is 17.8 Å². The number of nitrogens with zero attached hydrogens (tertiary/aromatic N) is 2. The van der Waals surface area contributed by atoms with Gasteiger partial charge in [0.1, 0.15) is 4.21 Å². The molecule has 0 aromatic carbocycles. The van der Waals surface area contributed by atoms with Crippen LogP contribution in [0.25, 0.3) is 0 Å². The maximum absolute atomic E-state index is 13.1. The summed E-state index contributed by atoms with van der Waals surface area (Å²) >= 11 is 7.05. The van der Waals surface area contributed by atoms with Crippen molar-refractivity contribution in [3.8, 4) is 0 Å². The van der Waals surface area contributed by atoms with E-state index in [1.165, 1.54) is 48.2 Å². The van der Waals surface area contributed by atoms with Gasteiger partial charge in [0, 0.05) is 5.56 Å². The summed E-state index contributed by atoms with van der Waals surface area (Å²) in [5.74, 6) is 2.45. The predicted octanol–water partition coefficient (Wildman–Crippen LogP) is 4.92. The summed E-state index contributed by atoms with van der Waals surface area (Å²) in [5, 5.41) is 4.52. The molecule has 0 spiro atoms. The summed E-state index contributed by atoms with van der Waals surface area (Å²) < 4.78 is 28.2. The van der Waals surface area contributed by atoms with Gasteiger partial charge in [-0.3, -0.25) is 0 Å². The highest BCUT2D eigenvalue weighted by Gasteiger charge is 2.53. The zero-order valence-corrected chi connectivity index (χ0v) is 17.4. The molecule has 4 bridgehead atoms. The first-order chi connectivity index (χ1) is 12.3. The molecule has 2 aromatic rings. The van der Waals surface area contributed by atoms with Gasteiger partial charge in [-0.15, -0.1) is 11.3 Å². The highest BCUT2D eigenvalue weighted by molar-refractivity contribution is 7.92. The van der Waals surface area contributed by atoms with Gasteiger partial charge in [0.05, 0.1) is 15.7 Å². The number of thiophene rings is 1. The second-order valence-electron chi connectivity index (χ2n) is 8.65. The zero-order chi connectivity index (χ0) is 18.3. The van der Waals surface area contributed by atoms with Crippen LogP contribution in [-0.4, -0.2) is 17.6 Å². The molecule has 140 valence electrons. The maximum Gasteiger partial charge on any atom is 0.292 e. The maximum atomic E-state index is 13.1. The fourth-order valence-electron chi connectivity index (χ4n) is 6.56. The van der Waals surface area contributed by atoms with E-state index in [0.29, 0.717) is 4.34 Å². The molecule has 2 aromatic heterocycles. The Balaban J connectivity index is 1.63. The van der Waals surface area contributed by atoms with Gasteiger partial charge in [-0.1, -0.05) is 11.6 Å². The summed E-state index contributed by atoms with van der Waals surface area (Å²) in [6, 6.07) is 3.20. The molecule has 0 saturated heterocycles. The molecular weight excluding hydrogens is 388 g/mol. The third-order valence-corrected chi connectivity index (χ3v) is 10.2. The Labute approximate surface area is 163 Å². The minimum absolute atomic E-state index is 0.143. The zero-order valence-electron chi connectivity index (χ0n) is 15.0. The molecule has 0 aliphatic heterocycles. The number of aryl methyl sites for hydroxylation is 1. The Morgan fingerprint density at radius 1 is 1.12 bits per heavy atom. The molecule has 0 N–H and O–H groups in total. The molecule has 2 heterocycles. The molecule has 0 radical (unpaired) electrons. The van der Waals surface area contributed by atoms with E-state index in [1.54, 1.807) is 12.1 Å². The highest BCUT2D eigenvalue weighted by Crippen LogP contribution is 2.61. The molecule has 0 amide bonds. The average Bonchev–Trinajstić information content (AvgIpc) is 3.10. The van der Waals surface area contributed by atoms with Crippen LogP contribution in [0.5, 0.6) is 0 Å². The van der Waals surface area contributed by atoms with Gasteiger partial charge in [-0.25, -0.2) is 0 Å². The van der Waals surface area contributed by atoms with Crippen LogP contribution in [-0.2, 0) is 15.4 Å². The first-order valence-electron chi connectivity index (χ1n) is 9.36. The lowest BCUT2D eigenvalue weighted by Gasteiger charge is -2.57. The lowest BCUT2D eigenvalue weighted by Crippen LogP contribution is -2.49. The predicted molar refractivity (Wildman–Crippen MR) is 103 cm³/mol. The van der Waals surface area contributed by atoms with E-state index in [-0.39, 0.29) is 9.62 Å². The van der Waals surface area contributed by atoms with Crippen molar-refractivity contribution < 1.29 is 8.42 Å². The Hall–Kier alpha value is -0.850. The van der Waals surface area contributed by atoms with E-state index in [0.717, 1.165) is 40.5 Å². The van der Waals surface area contributed by atoms with Crippen molar-refractivity contribution in [3.63, 3.8) is 0 Å². The molecule has 7 heteroatoms. The van der Waals surface area contributed by atoms with Gasteiger partial charge in [-0.2, -0.15) is 17.6 Å². The van der Waals surface area contributed by atoms with Crippen LogP contribution >= 0.6 is 22.9 Å². The van der Waals surface area contributed by atoms with E-state index in [1.807, 2.05) is 13.8 Å². The van der Waals surface area contributed by atoms with Gasteiger partial charge in [0.2, 0.25) is 0 Å².